The fourth-order valence-electron chi connectivity index (χ4n) is 3.18. The van der Waals surface area contributed by atoms with E-state index in [1.165, 1.54) is 6.07 Å². The first kappa shape index (κ1) is 17.6. The Kier molecular flexibility index (Phi) is 4.83. The van der Waals surface area contributed by atoms with Gasteiger partial charge in [-0.3, -0.25) is 0 Å². The number of nitrogens with one attached hydrogen (secondary N) is 1. The molecule has 4 rings (SSSR count). The van der Waals surface area contributed by atoms with Crippen LogP contribution >= 0.6 is 0 Å². The van der Waals surface area contributed by atoms with Crippen LogP contribution in [0.4, 0.5) is 4.39 Å². The van der Waals surface area contributed by atoms with Crippen LogP contribution in [0, 0.1) is 5.82 Å². The lowest BCUT2D eigenvalue weighted by atomic mass is 10.1. The number of rotatable bonds is 5. The van der Waals surface area contributed by atoms with Crippen molar-refractivity contribution in [2.45, 2.75) is 17.7 Å². The highest BCUT2D eigenvalue weighted by Gasteiger charge is 2.11. The maximum atomic E-state index is 13.8. The second-order valence-corrected chi connectivity index (χ2v) is 7.34. The van der Waals surface area contributed by atoms with Crippen LogP contribution in [0.3, 0.4) is 0 Å². The molecule has 0 radical (unpaired) electrons. The van der Waals surface area contributed by atoms with Gasteiger partial charge < -0.3 is 4.98 Å². The van der Waals surface area contributed by atoms with E-state index < -0.39 is 11.0 Å². The van der Waals surface area contributed by atoms with E-state index in [4.69, 9.17) is 5.14 Å². The molecule has 0 saturated heterocycles. The summed E-state index contributed by atoms with van der Waals surface area (Å²) in [6.07, 6.45) is 1.20. The molecule has 0 amide bonds. The fourth-order valence-corrected chi connectivity index (χ4v) is 3.80. The minimum absolute atomic E-state index is 0.192. The molecule has 6 heteroatoms. The molecule has 0 saturated carbocycles. The minimum Gasteiger partial charge on any atom is -0.342 e. The smallest absolute Gasteiger partial charge is 0.126 e. The van der Waals surface area contributed by atoms with Gasteiger partial charge in [0, 0.05) is 6.42 Å². The molecule has 0 bridgehead atoms. The van der Waals surface area contributed by atoms with Gasteiger partial charge in [0.25, 0.3) is 0 Å². The summed E-state index contributed by atoms with van der Waals surface area (Å²) in [4.78, 5) is 8.48. The predicted octanol–water partition coefficient (Wildman–Crippen LogP) is 4.14. The predicted molar refractivity (Wildman–Crippen MR) is 106 cm³/mol. The second-order valence-electron chi connectivity index (χ2n) is 6.30. The fraction of sp³-hybridized carbons (Fsp3) is 0.0952. The van der Waals surface area contributed by atoms with Crippen molar-refractivity contribution in [3.63, 3.8) is 0 Å². The van der Waals surface area contributed by atoms with Gasteiger partial charge in [0.1, 0.15) is 22.6 Å². The SMILES string of the molecule is NS(=O)c1ccccc1-c1ccc2nc(CCc3ccccc3F)[nH]c2c1. The highest BCUT2D eigenvalue weighted by atomic mass is 32.2. The molecule has 3 N–H and O–H groups in total. The Morgan fingerprint density at radius 2 is 1.78 bits per heavy atom. The minimum atomic E-state index is -1.56. The number of nitrogens with two attached hydrogens (primary N) is 1. The summed E-state index contributed by atoms with van der Waals surface area (Å²) in [6.45, 7) is 0. The quantitative estimate of drug-likeness (QED) is 0.547. The molecule has 1 heterocycles. The van der Waals surface area contributed by atoms with E-state index in [-0.39, 0.29) is 5.82 Å². The van der Waals surface area contributed by atoms with Crippen molar-refractivity contribution in [3.8, 4) is 11.1 Å². The van der Waals surface area contributed by atoms with Gasteiger partial charge in [0.15, 0.2) is 0 Å². The number of benzene rings is 3. The van der Waals surface area contributed by atoms with E-state index in [1.54, 1.807) is 18.2 Å². The van der Waals surface area contributed by atoms with Crippen molar-refractivity contribution in [2.24, 2.45) is 5.14 Å². The zero-order chi connectivity index (χ0) is 18.8. The lowest BCUT2D eigenvalue weighted by Gasteiger charge is -2.06. The van der Waals surface area contributed by atoms with Crippen LogP contribution in [0.15, 0.2) is 71.6 Å². The number of nitrogens with zero attached hydrogens (tertiary/aromatic N) is 1. The zero-order valence-electron chi connectivity index (χ0n) is 14.5. The van der Waals surface area contributed by atoms with Crippen LogP contribution < -0.4 is 5.14 Å². The van der Waals surface area contributed by atoms with Gasteiger partial charge >= 0.3 is 0 Å². The molecule has 0 aliphatic heterocycles. The van der Waals surface area contributed by atoms with Crippen molar-refractivity contribution in [2.75, 3.05) is 0 Å². The standard InChI is InChI=1S/C21H18FN3OS/c22-17-7-3-1-5-14(17)10-12-21-24-18-11-9-15(13-19(18)25-21)16-6-2-4-8-20(16)27(23)26/h1-9,11,13H,10,12,23H2,(H,24,25). The summed E-state index contributed by atoms with van der Waals surface area (Å²) in [5, 5.41) is 5.60. The highest BCUT2D eigenvalue weighted by molar-refractivity contribution is 7.82. The normalized spacial score (nSPS) is 12.4. The Morgan fingerprint density at radius 3 is 2.59 bits per heavy atom. The van der Waals surface area contributed by atoms with Gasteiger partial charge in [0.05, 0.1) is 15.9 Å². The molecule has 1 aromatic heterocycles. The maximum absolute atomic E-state index is 13.8. The largest absolute Gasteiger partial charge is 0.342 e. The molecular formula is C21H18FN3OS. The number of aryl methyl sites for hydroxylation is 2. The molecule has 0 aliphatic rings. The number of halogens is 1. The van der Waals surface area contributed by atoms with Crippen LogP contribution in [0.25, 0.3) is 22.2 Å². The van der Waals surface area contributed by atoms with Crippen LogP contribution in [0.5, 0.6) is 0 Å². The zero-order valence-corrected chi connectivity index (χ0v) is 15.3. The monoisotopic (exact) mass is 379 g/mol. The summed E-state index contributed by atoms with van der Waals surface area (Å²) in [6, 6.07) is 20.0. The van der Waals surface area contributed by atoms with E-state index in [0.717, 1.165) is 28.0 Å². The van der Waals surface area contributed by atoms with E-state index in [2.05, 4.69) is 9.97 Å². The third-order valence-corrected chi connectivity index (χ3v) is 5.32. The van der Waals surface area contributed by atoms with Crippen molar-refractivity contribution >= 4 is 22.0 Å². The molecule has 0 spiro atoms. The molecule has 4 aromatic rings. The van der Waals surface area contributed by atoms with E-state index in [1.807, 2.05) is 42.5 Å². The molecule has 4 nitrogen and oxygen atoms in total. The first-order chi connectivity index (χ1) is 13.1. The Hall–Kier alpha value is -2.83. The molecule has 0 fully saturated rings. The molecule has 1 atom stereocenters. The van der Waals surface area contributed by atoms with Crippen LogP contribution in [0.1, 0.15) is 11.4 Å². The first-order valence-electron chi connectivity index (χ1n) is 8.59. The Bertz CT molecular complexity index is 1140. The topological polar surface area (TPSA) is 71.8 Å². The number of hydrogen-bond donors (Lipinski definition) is 2. The number of fused-ring (bicyclic) bond motifs is 1. The van der Waals surface area contributed by atoms with Gasteiger partial charge in [-0.1, -0.05) is 42.5 Å². The summed E-state index contributed by atoms with van der Waals surface area (Å²) in [7, 11) is -1.56. The highest BCUT2D eigenvalue weighted by Crippen LogP contribution is 2.28. The summed E-state index contributed by atoms with van der Waals surface area (Å²) in [5.74, 6) is 0.614. The number of aromatic nitrogens is 2. The Labute approximate surface area is 158 Å². The van der Waals surface area contributed by atoms with Crippen LogP contribution in [-0.4, -0.2) is 14.2 Å². The molecule has 0 aliphatic carbocycles. The number of aromatic amines is 1. The lowest BCUT2D eigenvalue weighted by Crippen LogP contribution is -2.04. The van der Waals surface area contributed by atoms with E-state index in [9.17, 15) is 8.60 Å². The van der Waals surface area contributed by atoms with Crippen molar-refractivity contribution in [1.82, 2.24) is 9.97 Å². The van der Waals surface area contributed by atoms with Crippen LogP contribution in [0.2, 0.25) is 0 Å². The average molecular weight is 379 g/mol. The van der Waals surface area contributed by atoms with E-state index in [0.29, 0.717) is 23.3 Å². The van der Waals surface area contributed by atoms with Crippen molar-refractivity contribution in [1.29, 1.82) is 0 Å². The molecule has 136 valence electrons. The van der Waals surface area contributed by atoms with Crippen molar-refractivity contribution in [3.05, 3.63) is 83.9 Å². The average Bonchev–Trinajstić information content (AvgIpc) is 3.09. The van der Waals surface area contributed by atoms with Crippen molar-refractivity contribution < 1.29 is 8.60 Å². The molecular weight excluding hydrogens is 361 g/mol. The Morgan fingerprint density at radius 1 is 1.00 bits per heavy atom. The summed E-state index contributed by atoms with van der Waals surface area (Å²) < 4.78 is 25.6. The van der Waals surface area contributed by atoms with Gasteiger partial charge in [-0.2, -0.15) is 0 Å². The number of hydrogen-bond acceptors (Lipinski definition) is 2. The third-order valence-electron chi connectivity index (χ3n) is 4.53. The van der Waals surface area contributed by atoms with Crippen LogP contribution in [-0.2, 0) is 23.8 Å². The molecule has 27 heavy (non-hydrogen) atoms. The summed E-state index contributed by atoms with van der Waals surface area (Å²) >= 11 is 0. The lowest BCUT2D eigenvalue weighted by molar-refractivity contribution is 0.607. The van der Waals surface area contributed by atoms with Gasteiger partial charge in [-0.05, 0) is 47.4 Å². The summed E-state index contributed by atoms with van der Waals surface area (Å²) in [5.41, 5.74) is 4.16. The Balaban J connectivity index is 1.63. The van der Waals surface area contributed by atoms with Gasteiger partial charge in [-0.25, -0.2) is 18.7 Å². The molecule has 1 unspecified atom stereocenters. The first-order valence-corrected chi connectivity index (χ1v) is 9.81. The number of H-pyrrole nitrogens is 1. The second kappa shape index (κ2) is 7.42. The maximum Gasteiger partial charge on any atom is 0.126 e. The molecule has 3 aromatic carbocycles. The number of imidazole rings is 1. The van der Waals surface area contributed by atoms with Gasteiger partial charge in [0.2, 0.25) is 0 Å². The van der Waals surface area contributed by atoms with Gasteiger partial charge in [-0.15, -0.1) is 0 Å². The van der Waals surface area contributed by atoms with E-state index >= 15 is 0 Å². The third kappa shape index (κ3) is 3.67.